The van der Waals surface area contributed by atoms with Crippen LogP contribution in [0.1, 0.15) is 49.9 Å². The average Bonchev–Trinajstić information content (AvgIpc) is 3.35. The lowest BCUT2D eigenvalue weighted by atomic mass is 9.46. The molecule has 4 heteroatoms. The van der Waals surface area contributed by atoms with Gasteiger partial charge in [0.1, 0.15) is 0 Å². The van der Waals surface area contributed by atoms with Crippen molar-refractivity contribution >= 4 is 19.2 Å². The SMILES string of the molecule is CC1(C)C2CCC(C[Si](C)(C)c3ccc(C(=O)OCC4CC5C=CC4O5)cc3)C1C2. The Morgan fingerprint density at radius 2 is 1.87 bits per heavy atom. The van der Waals surface area contributed by atoms with E-state index in [-0.39, 0.29) is 18.2 Å². The molecule has 0 spiro atoms. The summed E-state index contributed by atoms with van der Waals surface area (Å²) in [6.45, 7) is 10.4. The summed E-state index contributed by atoms with van der Waals surface area (Å²) in [7, 11) is -1.53. The van der Waals surface area contributed by atoms with Gasteiger partial charge in [-0.05, 0) is 54.6 Å². The molecular weight excluding hydrogens is 388 g/mol. The molecule has 1 aromatic carbocycles. The van der Waals surface area contributed by atoms with Gasteiger partial charge in [-0.1, -0.05) is 68.9 Å². The van der Waals surface area contributed by atoms with Crippen LogP contribution in [0, 0.1) is 29.1 Å². The Balaban J connectivity index is 1.18. The van der Waals surface area contributed by atoms with Crippen molar-refractivity contribution in [2.45, 2.75) is 70.9 Å². The molecule has 5 aliphatic rings. The quantitative estimate of drug-likeness (QED) is 0.359. The number of hydrogen-bond acceptors (Lipinski definition) is 3. The van der Waals surface area contributed by atoms with Crippen molar-refractivity contribution in [2.24, 2.45) is 29.1 Å². The van der Waals surface area contributed by atoms with Gasteiger partial charge in [-0.3, -0.25) is 0 Å². The van der Waals surface area contributed by atoms with Crippen molar-refractivity contribution < 1.29 is 14.3 Å². The second-order valence-corrected chi connectivity index (χ2v) is 16.2. The van der Waals surface area contributed by atoms with E-state index < -0.39 is 8.07 Å². The van der Waals surface area contributed by atoms with Gasteiger partial charge in [-0.25, -0.2) is 4.79 Å². The van der Waals surface area contributed by atoms with Gasteiger partial charge in [0.25, 0.3) is 0 Å². The van der Waals surface area contributed by atoms with Crippen LogP contribution in [-0.4, -0.2) is 32.9 Å². The summed E-state index contributed by atoms with van der Waals surface area (Å²) < 4.78 is 11.4. The predicted molar refractivity (Wildman–Crippen MR) is 123 cm³/mol. The van der Waals surface area contributed by atoms with E-state index in [1.807, 2.05) is 12.1 Å². The molecule has 6 atom stereocenters. The van der Waals surface area contributed by atoms with Gasteiger partial charge in [-0.2, -0.15) is 0 Å². The number of ether oxygens (including phenoxy) is 2. The molecular formula is C26H36O3Si. The maximum Gasteiger partial charge on any atom is 0.338 e. The molecule has 0 amide bonds. The van der Waals surface area contributed by atoms with Crippen LogP contribution in [0.4, 0.5) is 0 Å². The molecule has 3 aliphatic carbocycles. The normalized spacial score (nSPS) is 35.9. The van der Waals surface area contributed by atoms with Gasteiger partial charge in [-0.15, -0.1) is 0 Å². The summed E-state index contributed by atoms with van der Waals surface area (Å²) in [6.07, 6.45) is 9.84. The molecule has 4 bridgehead atoms. The number of carbonyl (C=O) groups is 1. The maximum atomic E-state index is 12.5. The number of fused-ring (bicyclic) bond motifs is 4. The van der Waals surface area contributed by atoms with E-state index in [1.54, 1.807) is 0 Å². The predicted octanol–water partition coefficient (Wildman–Crippen LogP) is 5.17. The number of carbonyl (C=O) groups excluding carboxylic acids is 1. The Hall–Kier alpha value is -1.39. The molecule has 2 heterocycles. The third-order valence-corrected chi connectivity index (χ3v) is 12.4. The lowest BCUT2D eigenvalue weighted by Gasteiger charge is -2.61. The van der Waals surface area contributed by atoms with E-state index in [0.29, 0.717) is 23.5 Å². The van der Waals surface area contributed by atoms with Crippen molar-refractivity contribution in [2.75, 3.05) is 6.61 Å². The number of esters is 1. The van der Waals surface area contributed by atoms with Crippen molar-refractivity contribution in [3.63, 3.8) is 0 Å². The molecule has 4 fully saturated rings. The maximum absolute atomic E-state index is 12.5. The lowest BCUT2D eigenvalue weighted by Crippen LogP contribution is -2.55. The Kier molecular flexibility index (Phi) is 5.02. The second kappa shape index (κ2) is 7.34. The zero-order chi connectivity index (χ0) is 21.1. The van der Waals surface area contributed by atoms with Crippen molar-refractivity contribution in [1.82, 2.24) is 0 Å². The summed E-state index contributed by atoms with van der Waals surface area (Å²) in [4.78, 5) is 12.5. The highest BCUT2D eigenvalue weighted by Crippen LogP contribution is 2.62. The summed E-state index contributed by atoms with van der Waals surface area (Å²) in [5, 5.41) is 1.46. The van der Waals surface area contributed by atoms with Gasteiger partial charge in [0.05, 0.1) is 32.5 Å². The number of rotatable bonds is 6. The van der Waals surface area contributed by atoms with Gasteiger partial charge in [0.15, 0.2) is 0 Å². The highest BCUT2D eigenvalue weighted by atomic mass is 28.3. The Bertz CT molecular complexity index is 838. The molecule has 3 nitrogen and oxygen atoms in total. The molecule has 0 radical (unpaired) electrons. The van der Waals surface area contributed by atoms with E-state index in [1.165, 1.54) is 30.5 Å². The van der Waals surface area contributed by atoms with E-state index in [2.05, 4.69) is 51.2 Å². The summed E-state index contributed by atoms with van der Waals surface area (Å²) >= 11 is 0. The van der Waals surface area contributed by atoms with Crippen LogP contribution in [0.25, 0.3) is 0 Å². The summed E-state index contributed by atoms with van der Waals surface area (Å²) in [5.41, 5.74) is 1.23. The first-order chi connectivity index (χ1) is 14.2. The third kappa shape index (κ3) is 3.50. The molecule has 162 valence electrons. The standard InChI is InChI=1S/C26H36O3Si/c1-26(2)20-8-5-18(23(26)14-20)16-30(3,4)22-10-6-17(7-11-22)25(27)28-15-19-13-21-9-12-24(19)29-21/h6-7,9-12,18-21,23-24H,5,8,13-16H2,1-4H3. The fourth-order valence-electron chi connectivity index (χ4n) is 6.83. The largest absolute Gasteiger partial charge is 0.462 e. The molecule has 2 aliphatic heterocycles. The fraction of sp³-hybridized carbons (Fsp3) is 0.654. The van der Waals surface area contributed by atoms with Gasteiger partial charge >= 0.3 is 5.97 Å². The van der Waals surface area contributed by atoms with Crippen molar-refractivity contribution in [3.05, 3.63) is 42.0 Å². The van der Waals surface area contributed by atoms with E-state index >= 15 is 0 Å². The molecule has 0 N–H and O–H groups in total. The number of hydrogen-bond donors (Lipinski definition) is 0. The van der Waals surface area contributed by atoms with Crippen LogP contribution in [0.15, 0.2) is 36.4 Å². The zero-order valence-electron chi connectivity index (χ0n) is 18.9. The monoisotopic (exact) mass is 424 g/mol. The average molecular weight is 425 g/mol. The number of benzene rings is 1. The van der Waals surface area contributed by atoms with Crippen LogP contribution in [0.2, 0.25) is 19.1 Å². The van der Waals surface area contributed by atoms with E-state index in [4.69, 9.17) is 9.47 Å². The molecule has 1 aromatic rings. The van der Waals surface area contributed by atoms with Crippen LogP contribution in [0.3, 0.4) is 0 Å². The van der Waals surface area contributed by atoms with Crippen LogP contribution < -0.4 is 5.19 Å². The minimum Gasteiger partial charge on any atom is -0.462 e. The fourth-order valence-corrected chi connectivity index (χ4v) is 9.93. The Morgan fingerprint density at radius 1 is 1.10 bits per heavy atom. The van der Waals surface area contributed by atoms with Crippen LogP contribution in [-0.2, 0) is 9.47 Å². The first kappa shape index (κ1) is 20.5. The highest BCUT2D eigenvalue weighted by molar-refractivity contribution is 6.89. The smallest absolute Gasteiger partial charge is 0.338 e. The van der Waals surface area contributed by atoms with Crippen LogP contribution in [0.5, 0.6) is 0 Å². The molecule has 6 rings (SSSR count). The van der Waals surface area contributed by atoms with Gasteiger partial charge in [0, 0.05) is 5.92 Å². The topological polar surface area (TPSA) is 35.5 Å². The lowest BCUT2D eigenvalue weighted by molar-refractivity contribution is -0.0990. The Morgan fingerprint density at radius 3 is 2.47 bits per heavy atom. The summed E-state index contributed by atoms with van der Waals surface area (Å²) in [5.74, 6) is 2.87. The van der Waals surface area contributed by atoms with Crippen molar-refractivity contribution in [1.29, 1.82) is 0 Å². The Labute approximate surface area is 182 Å². The molecule has 1 saturated heterocycles. The van der Waals surface area contributed by atoms with Gasteiger partial charge < -0.3 is 9.47 Å². The minimum absolute atomic E-state index is 0.132. The van der Waals surface area contributed by atoms with Crippen LogP contribution >= 0.6 is 0 Å². The summed E-state index contributed by atoms with van der Waals surface area (Å²) in [6, 6.07) is 9.73. The van der Waals surface area contributed by atoms with E-state index in [9.17, 15) is 4.79 Å². The van der Waals surface area contributed by atoms with Gasteiger partial charge in [0.2, 0.25) is 0 Å². The third-order valence-electron chi connectivity index (χ3n) is 8.95. The zero-order valence-corrected chi connectivity index (χ0v) is 19.9. The minimum atomic E-state index is -1.53. The molecule has 30 heavy (non-hydrogen) atoms. The molecule has 0 aromatic heterocycles. The first-order valence-electron chi connectivity index (χ1n) is 11.9. The first-order valence-corrected chi connectivity index (χ1v) is 15.1. The second-order valence-electron chi connectivity index (χ2n) is 11.5. The van der Waals surface area contributed by atoms with Crippen molar-refractivity contribution in [3.8, 4) is 0 Å². The van der Waals surface area contributed by atoms with E-state index in [0.717, 1.165) is 24.2 Å². The molecule has 3 saturated carbocycles. The molecule has 6 unspecified atom stereocenters. The highest BCUT2D eigenvalue weighted by Gasteiger charge is 2.54.